The van der Waals surface area contributed by atoms with Gasteiger partial charge in [-0.25, -0.2) is 4.98 Å². The Morgan fingerprint density at radius 2 is 1.96 bits per heavy atom. The number of hydrogen-bond donors (Lipinski definition) is 1. The summed E-state index contributed by atoms with van der Waals surface area (Å²) < 4.78 is 5.48. The minimum Gasteiger partial charge on any atom is -0.494 e. The van der Waals surface area contributed by atoms with E-state index in [4.69, 9.17) is 4.74 Å². The second-order valence-corrected chi connectivity index (χ2v) is 6.40. The molecular formula is C18H22N2O3S. The van der Waals surface area contributed by atoms with Crippen LogP contribution in [0.2, 0.25) is 0 Å². The topological polar surface area (TPSA) is 68.3 Å². The van der Waals surface area contributed by atoms with Crippen molar-refractivity contribution in [3.63, 3.8) is 0 Å². The third kappa shape index (κ3) is 5.77. The zero-order chi connectivity index (χ0) is 17.4. The van der Waals surface area contributed by atoms with E-state index in [2.05, 4.69) is 10.3 Å². The number of thiazole rings is 1. The minimum atomic E-state index is -0.140. The number of aryl methyl sites for hydroxylation is 1. The quantitative estimate of drug-likeness (QED) is 0.705. The van der Waals surface area contributed by atoms with Crippen LogP contribution in [0.5, 0.6) is 5.75 Å². The van der Waals surface area contributed by atoms with Crippen molar-refractivity contribution in [3.8, 4) is 5.75 Å². The molecule has 0 aliphatic rings. The Morgan fingerprint density at radius 1 is 1.21 bits per heavy atom. The fourth-order valence-corrected chi connectivity index (χ4v) is 2.79. The van der Waals surface area contributed by atoms with Crippen molar-refractivity contribution in [3.05, 3.63) is 45.9 Å². The van der Waals surface area contributed by atoms with Gasteiger partial charge in [0.15, 0.2) is 5.78 Å². The largest absolute Gasteiger partial charge is 0.494 e. The molecule has 0 saturated carbocycles. The van der Waals surface area contributed by atoms with Crippen molar-refractivity contribution in [2.24, 2.45) is 0 Å². The molecular weight excluding hydrogens is 324 g/mol. The van der Waals surface area contributed by atoms with Crippen molar-refractivity contribution in [1.82, 2.24) is 10.3 Å². The Hall–Kier alpha value is -2.21. The first kappa shape index (κ1) is 18.1. The van der Waals surface area contributed by atoms with Gasteiger partial charge in [-0.3, -0.25) is 9.59 Å². The van der Waals surface area contributed by atoms with E-state index in [0.717, 1.165) is 22.9 Å². The Morgan fingerprint density at radius 3 is 2.58 bits per heavy atom. The molecule has 2 aromatic rings. The summed E-state index contributed by atoms with van der Waals surface area (Å²) in [6, 6.07) is 7.05. The van der Waals surface area contributed by atoms with Crippen LogP contribution in [0, 0.1) is 6.92 Å². The monoisotopic (exact) mass is 346 g/mol. The lowest BCUT2D eigenvalue weighted by atomic mass is 10.1. The first-order chi connectivity index (χ1) is 11.6. The van der Waals surface area contributed by atoms with Gasteiger partial charge in [-0.2, -0.15) is 0 Å². The highest BCUT2D eigenvalue weighted by Gasteiger charge is 2.10. The van der Waals surface area contributed by atoms with Crippen molar-refractivity contribution in [1.29, 1.82) is 0 Å². The van der Waals surface area contributed by atoms with Crippen LogP contribution in [0.4, 0.5) is 0 Å². The second kappa shape index (κ2) is 9.17. The van der Waals surface area contributed by atoms with Gasteiger partial charge < -0.3 is 10.1 Å². The average molecular weight is 346 g/mol. The molecule has 5 nitrogen and oxygen atoms in total. The highest BCUT2D eigenvalue weighted by atomic mass is 32.1. The summed E-state index contributed by atoms with van der Waals surface area (Å²) in [5, 5.41) is 5.60. The van der Waals surface area contributed by atoms with Gasteiger partial charge in [-0.1, -0.05) is 6.92 Å². The van der Waals surface area contributed by atoms with E-state index in [1.54, 1.807) is 24.3 Å². The van der Waals surface area contributed by atoms with Crippen molar-refractivity contribution in [2.75, 3.05) is 6.61 Å². The molecule has 1 aromatic carbocycles. The zero-order valence-electron chi connectivity index (χ0n) is 14.0. The lowest BCUT2D eigenvalue weighted by molar-refractivity contribution is -0.121. The molecule has 0 aliphatic carbocycles. The van der Waals surface area contributed by atoms with Gasteiger partial charge in [-0.05, 0) is 37.6 Å². The number of rotatable bonds is 9. The number of ether oxygens (including phenoxy) is 1. The molecule has 1 aromatic heterocycles. The van der Waals surface area contributed by atoms with E-state index in [-0.39, 0.29) is 24.5 Å². The number of nitrogens with one attached hydrogen (secondary N) is 1. The summed E-state index contributed by atoms with van der Waals surface area (Å²) in [6.07, 6.45) is 1.31. The van der Waals surface area contributed by atoms with Gasteiger partial charge in [0, 0.05) is 29.5 Å². The number of amides is 1. The fourth-order valence-electron chi connectivity index (χ4n) is 2.07. The molecule has 1 heterocycles. The van der Waals surface area contributed by atoms with Crippen LogP contribution < -0.4 is 10.1 Å². The Labute approximate surface area is 146 Å². The highest BCUT2D eigenvalue weighted by molar-refractivity contribution is 7.09. The predicted octanol–water partition coefficient (Wildman–Crippen LogP) is 3.52. The SMILES string of the molecule is CCCOc1ccc(C(=O)CCC(=O)NCc2nc(C)cs2)cc1. The number of benzene rings is 1. The van der Waals surface area contributed by atoms with Crippen molar-refractivity contribution >= 4 is 23.0 Å². The molecule has 0 fully saturated rings. The van der Waals surface area contributed by atoms with Crippen molar-refractivity contribution < 1.29 is 14.3 Å². The second-order valence-electron chi connectivity index (χ2n) is 5.46. The third-order valence-corrected chi connectivity index (χ3v) is 4.30. The van der Waals surface area contributed by atoms with Crippen LogP contribution in [0.3, 0.4) is 0 Å². The van der Waals surface area contributed by atoms with Gasteiger partial charge in [0.2, 0.25) is 5.91 Å². The molecule has 24 heavy (non-hydrogen) atoms. The van der Waals surface area contributed by atoms with Crippen LogP contribution in [0.15, 0.2) is 29.6 Å². The number of carbonyl (C=O) groups is 2. The molecule has 0 bridgehead atoms. The first-order valence-corrected chi connectivity index (χ1v) is 8.90. The molecule has 0 atom stereocenters. The maximum absolute atomic E-state index is 12.1. The van der Waals surface area contributed by atoms with E-state index in [1.807, 2.05) is 19.2 Å². The molecule has 6 heteroatoms. The van der Waals surface area contributed by atoms with E-state index >= 15 is 0 Å². The predicted molar refractivity (Wildman–Crippen MR) is 94.5 cm³/mol. The molecule has 1 amide bonds. The summed E-state index contributed by atoms with van der Waals surface area (Å²) in [4.78, 5) is 28.2. The van der Waals surface area contributed by atoms with Crippen LogP contribution in [0.25, 0.3) is 0 Å². The number of carbonyl (C=O) groups excluding carboxylic acids is 2. The smallest absolute Gasteiger partial charge is 0.220 e. The van der Waals surface area contributed by atoms with E-state index in [1.165, 1.54) is 11.3 Å². The van der Waals surface area contributed by atoms with Gasteiger partial charge in [0.25, 0.3) is 0 Å². The lowest BCUT2D eigenvalue weighted by Crippen LogP contribution is -2.23. The van der Waals surface area contributed by atoms with Crippen LogP contribution in [0.1, 0.15) is 47.2 Å². The van der Waals surface area contributed by atoms with Crippen LogP contribution >= 0.6 is 11.3 Å². The van der Waals surface area contributed by atoms with Gasteiger partial charge in [0.05, 0.1) is 13.2 Å². The number of nitrogens with zero attached hydrogens (tertiary/aromatic N) is 1. The standard InChI is InChI=1S/C18H22N2O3S/c1-3-10-23-15-6-4-14(5-7-15)16(21)8-9-17(22)19-11-18-20-13(2)12-24-18/h4-7,12H,3,8-11H2,1-2H3,(H,19,22). The maximum Gasteiger partial charge on any atom is 0.220 e. The molecule has 0 spiro atoms. The number of hydrogen-bond acceptors (Lipinski definition) is 5. The average Bonchev–Trinajstić information content (AvgIpc) is 3.02. The summed E-state index contributed by atoms with van der Waals surface area (Å²) in [6.45, 7) is 5.03. The zero-order valence-corrected chi connectivity index (χ0v) is 14.8. The molecule has 0 aliphatic heterocycles. The fraction of sp³-hybridized carbons (Fsp3) is 0.389. The first-order valence-electron chi connectivity index (χ1n) is 8.02. The molecule has 0 unspecified atom stereocenters. The summed E-state index contributed by atoms with van der Waals surface area (Å²) in [5.41, 5.74) is 1.55. The van der Waals surface area contributed by atoms with Gasteiger partial charge in [0.1, 0.15) is 10.8 Å². The van der Waals surface area contributed by atoms with Crippen LogP contribution in [-0.4, -0.2) is 23.3 Å². The molecule has 1 N–H and O–H groups in total. The molecule has 0 radical (unpaired) electrons. The van der Waals surface area contributed by atoms with E-state index in [0.29, 0.717) is 18.7 Å². The number of ketones is 1. The van der Waals surface area contributed by atoms with Gasteiger partial charge >= 0.3 is 0 Å². The third-order valence-electron chi connectivity index (χ3n) is 3.33. The molecule has 128 valence electrons. The van der Waals surface area contributed by atoms with Crippen LogP contribution in [-0.2, 0) is 11.3 Å². The summed E-state index contributed by atoms with van der Waals surface area (Å²) >= 11 is 1.52. The van der Waals surface area contributed by atoms with Crippen molar-refractivity contribution in [2.45, 2.75) is 39.7 Å². The normalized spacial score (nSPS) is 10.4. The Bertz CT molecular complexity index is 680. The van der Waals surface area contributed by atoms with E-state index in [9.17, 15) is 9.59 Å². The minimum absolute atomic E-state index is 0.0442. The van der Waals surface area contributed by atoms with Gasteiger partial charge in [-0.15, -0.1) is 11.3 Å². The summed E-state index contributed by atoms with van der Waals surface area (Å²) in [7, 11) is 0. The lowest BCUT2D eigenvalue weighted by Gasteiger charge is -2.06. The highest BCUT2D eigenvalue weighted by Crippen LogP contribution is 2.14. The Kier molecular flexibility index (Phi) is 6.93. The molecule has 0 saturated heterocycles. The maximum atomic E-state index is 12.1. The molecule has 2 rings (SSSR count). The number of aromatic nitrogens is 1. The Balaban J connectivity index is 1.74. The summed E-state index contributed by atoms with van der Waals surface area (Å²) in [5.74, 6) is 0.571. The van der Waals surface area contributed by atoms with E-state index < -0.39 is 0 Å². The number of Topliss-reactive ketones (excluding diaryl/α,β-unsaturated/α-hetero) is 1.